The van der Waals surface area contributed by atoms with E-state index in [4.69, 9.17) is 0 Å². The van der Waals surface area contributed by atoms with Gasteiger partial charge in [0.05, 0.1) is 0 Å². The van der Waals surface area contributed by atoms with Crippen molar-refractivity contribution in [2.24, 2.45) is 5.92 Å². The van der Waals surface area contributed by atoms with Crippen LogP contribution in [0.4, 0.5) is 4.39 Å². The maximum Gasteiger partial charge on any atom is 0.124 e. The number of fused-ring (bicyclic) bond motifs is 3. The van der Waals surface area contributed by atoms with Gasteiger partial charge in [-0.15, -0.1) is 11.8 Å². The molecule has 1 atom stereocenters. The molecule has 3 heterocycles. The summed E-state index contributed by atoms with van der Waals surface area (Å²) in [6.45, 7) is 3.72. The predicted octanol–water partition coefficient (Wildman–Crippen LogP) is 3.01. The summed E-state index contributed by atoms with van der Waals surface area (Å²) in [5.41, 5.74) is 0. The summed E-state index contributed by atoms with van der Waals surface area (Å²) in [4.78, 5) is 3.62. The van der Waals surface area contributed by atoms with Gasteiger partial charge in [-0.25, -0.2) is 4.39 Å². The summed E-state index contributed by atoms with van der Waals surface area (Å²) >= 11 is 1.86. The fourth-order valence-electron chi connectivity index (χ4n) is 2.76. The lowest BCUT2D eigenvalue weighted by molar-refractivity contribution is 0.118. The molecule has 3 aliphatic heterocycles. The van der Waals surface area contributed by atoms with Crippen LogP contribution in [0.1, 0.15) is 12.8 Å². The molecule has 86 valence electrons. The van der Waals surface area contributed by atoms with Crippen LogP contribution in [-0.2, 0) is 0 Å². The third-order valence-corrected chi connectivity index (χ3v) is 5.04. The smallest absolute Gasteiger partial charge is 0.124 e. The van der Waals surface area contributed by atoms with Crippen LogP contribution in [0.15, 0.2) is 29.2 Å². The number of nitrogens with zero attached hydrogens (tertiary/aromatic N) is 1. The van der Waals surface area contributed by atoms with Crippen molar-refractivity contribution in [3.63, 3.8) is 0 Å². The molecule has 0 spiro atoms. The Labute approximate surface area is 100 Å². The number of hydrogen-bond donors (Lipinski definition) is 0. The van der Waals surface area contributed by atoms with Crippen molar-refractivity contribution in [1.29, 1.82) is 0 Å². The maximum atomic E-state index is 13.1. The number of hydrogen-bond acceptors (Lipinski definition) is 2. The van der Waals surface area contributed by atoms with Crippen LogP contribution in [0.2, 0.25) is 0 Å². The highest BCUT2D eigenvalue weighted by molar-refractivity contribution is 8.00. The lowest BCUT2D eigenvalue weighted by Crippen LogP contribution is -2.48. The average molecular weight is 237 g/mol. The largest absolute Gasteiger partial charge is 0.302 e. The van der Waals surface area contributed by atoms with Gasteiger partial charge in [-0.05, 0) is 50.0 Å². The second-order valence-corrected chi connectivity index (χ2v) is 6.06. The van der Waals surface area contributed by atoms with Crippen molar-refractivity contribution in [2.45, 2.75) is 23.0 Å². The molecule has 0 radical (unpaired) electrons. The minimum Gasteiger partial charge on any atom is -0.302 e. The fourth-order valence-corrected chi connectivity index (χ4v) is 4.20. The highest BCUT2D eigenvalue weighted by atomic mass is 32.2. The lowest BCUT2D eigenvalue weighted by atomic mass is 9.88. The molecule has 0 amide bonds. The van der Waals surface area contributed by atoms with E-state index < -0.39 is 0 Å². The number of halogens is 1. The molecule has 3 aliphatic rings. The Bertz CT molecular complexity index is 374. The van der Waals surface area contributed by atoms with Gasteiger partial charge in [0.2, 0.25) is 0 Å². The molecular weight excluding hydrogens is 221 g/mol. The summed E-state index contributed by atoms with van der Waals surface area (Å²) in [5, 5.41) is 0.671. The number of piperidine rings is 3. The molecule has 16 heavy (non-hydrogen) atoms. The topological polar surface area (TPSA) is 3.24 Å². The normalized spacial score (nSPS) is 32.9. The minimum atomic E-state index is -0.119. The number of thioether (sulfide) groups is 1. The van der Waals surface area contributed by atoms with E-state index in [-0.39, 0.29) is 5.82 Å². The molecule has 3 heteroatoms. The molecular formula is C13H16FNS. The number of rotatable bonds is 2. The van der Waals surface area contributed by atoms with Crippen LogP contribution in [-0.4, -0.2) is 29.8 Å². The maximum absolute atomic E-state index is 13.1. The van der Waals surface area contributed by atoms with E-state index in [0.29, 0.717) is 5.25 Å². The first-order chi connectivity index (χ1) is 7.81. The zero-order chi connectivity index (χ0) is 11.0. The van der Waals surface area contributed by atoms with E-state index in [2.05, 4.69) is 4.90 Å². The SMILES string of the molecule is Fc1cccc(S[C@H]2CN3CCC2CC3)c1. The Hall–Kier alpha value is -0.540. The molecule has 0 aliphatic carbocycles. The van der Waals surface area contributed by atoms with E-state index in [1.807, 2.05) is 17.8 Å². The second-order valence-electron chi connectivity index (χ2n) is 4.75. The Balaban J connectivity index is 1.71. The van der Waals surface area contributed by atoms with Crippen LogP contribution in [0.3, 0.4) is 0 Å². The molecule has 1 nitrogen and oxygen atoms in total. The minimum absolute atomic E-state index is 0.119. The van der Waals surface area contributed by atoms with Gasteiger partial charge in [0.1, 0.15) is 5.82 Å². The van der Waals surface area contributed by atoms with Crippen LogP contribution in [0, 0.1) is 11.7 Å². The van der Waals surface area contributed by atoms with Crippen molar-refractivity contribution >= 4 is 11.8 Å². The Morgan fingerprint density at radius 3 is 2.69 bits per heavy atom. The molecule has 2 bridgehead atoms. The summed E-state index contributed by atoms with van der Waals surface area (Å²) < 4.78 is 13.1. The third-order valence-electron chi connectivity index (χ3n) is 3.68. The van der Waals surface area contributed by atoms with Gasteiger partial charge in [0.25, 0.3) is 0 Å². The van der Waals surface area contributed by atoms with Crippen molar-refractivity contribution in [3.8, 4) is 0 Å². The fraction of sp³-hybridized carbons (Fsp3) is 0.538. The molecule has 0 aromatic heterocycles. The molecule has 0 N–H and O–H groups in total. The van der Waals surface area contributed by atoms with Gasteiger partial charge in [-0.1, -0.05) is 6.07 Å². The highest BCUT2D eigenvalue weighted by Crippen LogP contribution is 2.38. The van der Waals surface area contributed by atoms with E-state index in [0.717, 1.165) is 10.8 Å². The van der Waals surface area contributed by atoms with E-state index >= 15 is 0 Å². The van der Waals surface area contributed by atoms with E-state index in [1.54, 1.807) is 12.1 Å². The number of benzene rings is 1. The standard InChI is InChI=1S/C13H16FNS/c14-11-2-1-3-12(8-11)16-13-9-15-6-4-10(13)5-7-15/h1-3,8,10,13H,4-7,9H2/t13-/m0/s1. The molecule has 0 unspecified atom stereocenters. The van der Waals surface area contributed by atoms with E-state index in [9.17, 15) is 4.39 Å². The Morgan fingerprint density at radius 1 is 1.25 bits per heavy atom. The third kappa shape index (κ3) is 2.11. The average Bonchev–Trinajstić information content (AvgIpc) is 2.30. The highest BCUT2D eigenvalue weighted by Gasteiger charge is 2.34. The van der Waals surface area contributed by atoms with Gasteiger partial charge in [-0.2, -0.15) is 0 Å². The quantitative estimate of drug-likeness (QED) is 0.778. The summed E-state index contributed by atoms with van der Waals surface area (Å²) in [6.07, 6.45) is 2.65. The second kappa shape index (κ2) is 4.38. The monoisotopic (exact) mass is 237 g/mol. The van der Waals surface area contributed by atoms with Gasteiger partial charge in [0, 0.05) is 16.7 Å². The van der Waals surface area contributed by atoms with Crippen LogP contribution in [0.25, 0.3) is 0 Å². The van der Waals surface area contributed by atoms with Crippen molar-refractivity contribution in [2.75, 3.05) is 19.6 Å². The predicted molar refractivity (Wildman–Crippen MR) is 65.2 cm³/mol. The first-order valence-electron chi connectivity index (χ1n) is 5.96. The molecule has 3 saturated heterocycles. The zero-order valence-electron chi connectivity index (χ0n) is 9.23. The van der Waals surface area contributed by atoms with Crippen molar-refractivity contribution in [3.05, 3.63) is 30.1 Å². The first kappa shape index (κ1) is 10.6. The molecule has 3 fully saturated rings. The van der Waals surface area contributed by atoms with Gasteiger partial charge in [-0.3, -0.25) is 0 Å². The van der Waals surface area contributed by atoms with Crippen LogP contribution in [0.5, 0.6) is 0 Å². The van der Waals surface area contributed by atoms with Crippen LogP contribution < -0.4 is 0 Å². The molecule has 4 rings (SSSR count). The van der Waals surface area contributed by atoms with E-state index in [1.165, 1.54) is 38.5 Å². The molecule has 1 aromatic carbocycles. The first-order valence-corrected chi connectivity index (χ1v) is 6.84. The van der Waals surface area contributed by atoms with Gasteiger partial charge >= 0.3 is 0 Å². The molecule has 1 aromatic rings. The van der Waals surface area contributed by atoms with Crippen LogP contribution >= 0.6 is 11.8 Å². The summed E-state index contributed by atoms with van der Waals surface area (Å²) in [5.74, 6) is 0.726. The summed E-state index contributed by atoms with van der Waals surface area (Å²) in [6, 6.07) is 6.99. The summed E-state index contributed by atoms with van der Waals surface area (Å²) in [7, 11) is 0. The Kier molecular flexibility index (Phi) is 2.90. The van der Waals surface area contributed by atoms with Crippen molar-refractivity contribution < 1.29 is 4.39 Å². The zero-order valence-corrected chi connectivity index (χ0v) is 10.0. The van der Waals surface area contributed by atoms with Gasteiger partial charge < -0.3 is 4.90 Å². The van der Waals surface area contributed by atoms with Crippen molar-refractivity contribution in [1.82, 2.24) is 4.90 Å². The molecule has 0 saturated carbocycles. The lowest BCUT2D eigenvalue weighted by Gasteiger charge is -2.44. The Morgan fingerprint density at radius 2 is 2.06 bits per heavy atom. The van der Waals surface area contributed by atoms with Gasteiger partial charge in [0.15, 0.2) is 0 Å².